The van der Waals surface area contributed by atoms with Crippen LogP contribution in [0.25, 0.3) is 0 Å². The van der Waals surface area contributed by atoms with Crippen LogP contribution in [0.15, 0.2) is 18.2 Å². The Bertz CT molecular complexity index is 790. The summed E-state index contributed by atoms with van der Waals surface area (Å²) in [7, 11) is 0. The molecule has 1 atom stereocenters. The summed E-state index contributed by atoms with van der Waals surface area (Å²) >= 11 is 0. The highest BCUT2D eigenvalue weighted by Crippen LogP contribution is 2.35. The first kappa shape index (κ1) is 19.9. The molecule has 0 N–H and O–H groups in total. The predicted octanol–water partition coefficient (Wildman–Crippen LogP) is 1.84. The van der Waals surface area contributed by atoms with Crippen molar-refractivity contribution in [3.05, 3.63) is 29.2 Å². The maximum Gasteiger partial charge on any atom is 0.414 e. The minimum Gasteiger partial charge on any atom is -0.756 e. The Labute approximate surface area is 167 Å². The molecule has 0 unspecified atom stereocenters. The minimum absolute atomic E-state index is 0.0740. The zero-order chi connectivity index (χ0) is 20.6. The average Bonchev–Trinajstić information content (AvgIpc) is 3.29. The van der Waals surface area contributed by atoms with Crippen molar-refractivity contribution in [2.24, 2.45) is 0 Å². The van der Waals surface area contributed by atoms with E-state index in [1.54, 1.807) is 12.1 Å². The summed E-state index contributed by atoms with van der Waals surface area (Å²) in [6.07, 6.45) is -0.0994. The number of anilines is 2. The zero-order valence-electron chi connectivity index (χ0n) is 16.1. The molecule has 29 heavy (non-hydrogen) atoms. The molecule has 1 spiro atoms. The lowest BCUT2D eigenvalue weighted by Gasteiger charge is -2.38. The molecule has 1 aromatic carbocycles. The van der Waals surface area contributed by atoms with Gasteiger partial charge in [-0.05, 0) is 18.2 Å². The highest BCUT2D eigenvalue weighted by Gasteiger charge is 2.40. The van der Waals surface area contributed by atoms with Crippen molar-refractivity contribution < 1.29 is 28.2 Å². The summed E-state index contributed by atoms with van der Waals surface area (Å²) < 4.78 is 31.3. The van der Waals surface area contributed by atoms with E-state index in [-0.39, 0.29) is 18.2 Å². The van der Waals surface area contributed by atoms with Crippen LogP contribution in [0.5, 0.6) is 0 Å². The van der Waals surface area contributed by atoms with Crippen molar-refractivity contribution in [3.8, 4) is 0 Å². The number of hydrogen-bond acceptors (Lipinski definition) is 7. The normalized spacial score (nSPS) is 23.6. The largest absolute Gasteiger partial charge is 0.756 e. The molecular formula is C19H23FN3O6-. The molecule has 0 aromatic heterocycles. The lowest BCUT2D eigenvalue weighted by molar-refractivity contribution is -0.169. The summed E-state index contributed by atoms with van der Waals surface area (Å²) in [5.74, 6) is -1.64. The van der Waals surface area contributed by atoms with Crippen molar-refractivity contribution in [1.29, 1.82) is 0 Å². The van der Waals surface area contributed by atoms with Gasteiger partial charge in [0.15, 0.2) is 5.79 Å². The van der Waals surface area contributed by atoms with Crippen LogP contribution in [-0.2, 0) is 19.0 Å². The lowest BCUT2D eigenvalue weighted by atomic mass is 10.0. The molecule has 0 radical (unpaired) electrons. The van der Waals surface area contributed by atoms with E-state index in [0.717, 1.165) is 6.92 Å². The zero-order valence-corrected chi connectivity index (χ0v) is 16.1. The molecule has 0 aliphatic carbocycles. The number of cyclic esters (lactones) is 1. The van der Waals surface area contributed by atoms with Crippen LogP contribution in [0.3, 0.4) is 0 Å². The van der Waals surface area contributed by atoms with Gasteiger partial charge in [-0.1, -0.05) is 0 Å². The molecule has 0 bridgehead atoms. The van der Waals surface area contributed by atoms with Crippen LogP contribution in [0.1, 0.15) is 19.8 Å². The third kappa shape index (κ3) is 4.00. The number of nitrogens with zero attached hydrogens (tertiary/aromatic N) is 3. The highest BCUT2D eigenvalue weighted by atomic mass is 19.1. The number of halogens is 1. The van der Waals surface area contributed by atoms with Crippen LogP contribution in [0, 0.1) is 11.0 Å². The van der Waals surface area contributed by atoms with Crippen molar-refractivity contribution >= 4 is 23.4 Å². The Kier molecular flexibility index (Phi) is 5.32. The second-order valence-corrected chi connectivity index (χ2v) is 7.43. The minimum atomic E-state index is -0.753. The molecule has 3 heterocycles. The standard InChI is InChI=1S/C19H23FN3O6/c1-13(24)23(26)12-15-11-22(18(25)29-15)14-2-3-17(16(20)10-14)21-6-4-19(5-7-21)27-8-9-28-19/h2-3,10,15H,4-9,11-12H2,1H3/q-1/t15-/m0/s1. The number of carbonyl (C=O) groups excluding carboxylic acids is 2. The monoisotopic (exact) mass is 408 g/mol. The molecule has 158 valence electrons. The van der Waals surface area contributed by atoms with Gasteiger partial charge >= 0.3 is 6.09 Å². The van der Waals surface area contributed by atoms with Gasteiger partial charge in [-0.25, -0.2) is 9.18 Å². The van der Waals surface area contributed by atoms with E-state index in [9.17, 15) is 19.2 Å². The van der Waals surface area contributed by atoms with Gasteiger partial charge in [0.25, 0.3) is 0 Å². The van der Waals surface area contributed by atoms with Gasteiger partial charge in [-0.15, -0.1) is 0 Å². The molecule has 3 fully saturated rings. The van der Waals surface area contributed by atoms with Gasteiger partial charge in [0, 0.05) is 39.4 Å². The van der Waals surface area contributed by atoms with E-state index in [1.165, 1.54) is 11.0 Å². The number of carbonyl (C=O) groups is 2. The molecule has 0 saturated carbocycles. The fraction of sp³-hybridized carbons (Fsp3) is 0.579. The summed E-state index contributed by atoms with van der Waals surface area (Å²) in [6.45, 7) is 3.35. The van der Waals surface area contributed by atoms with Crippen LogP contribution >= 0.6 is 0 Å². The van der Waals surface area contributed by atoms with Gasteiger partial charge < -0.3 is 29.4 Å². The first-order valence-corrected chi connectivity index (χ1v) is 9.63. The average molecular weight is 408 g/mol. The van der Waals surface area contributed by atoms with Gasteiger partial charge in [-0.3, -0.25) is 9.69 Å². The Balaban J connectivity index is 1.41. The van der Waals surface area contributed by atoms with Gasteiger partial charge in [-0.2, -0.15) is 0 Å². The molecule has 4 rings (SSSR count). The number of ether oxygens (including phenoxy) is 3. The molecule has 1 aromatic rings. The summed E-state index contributed by atoms with van der Waals surface area (Å²) in [5.41, 5.74) is 0.794. The maximum absolute atomic E-state index is 14.8. The topological polar surface area (TPSA) is 94.6 Å². The van der Waals surface area contributed by atoms with E-state index in [4.69, 9.17) is 14.2 Å². The first-order valence-electron chi connectivity index (χ1n) is 9.63. The SMILES string of the molecule is CC(=O)N([O-])C[C@@H]1CN(c2ccc(N3CCC4(CC3)OCCO4)c(F)c2)C(=O)O1. The molecular weight excluding hydrogens is 385 g/mol. The highest BCUT2D eigenvalue weighted by molar-refractivity contribution is 5.90. The van der Waals surface area contributed by atoms with E-state index in [1.807, 2.05) is 4.90 Å². The maximum atomic E-state index is 14.8. The van der Waals surface area contributed by atoms with Crippen LogP contribution < -0.4 is 9.80 Å². The number of hydrogen-bond donors (Lipinski definition) is 0. The molecule has 3 saturated heterocycles. The molecule has 9 nitrogen and oxygen atoms in total. The van der Waals surface area contributed by atoms with Gasteiger partial charge in [0.05, 0.1) is 31.1 Å². The number of piperidine rings is 1. The number of amides is 2. The molecule has 3 aliphatic heterocycles. The first-order chi connectivity index (χ1) is 13.9. The van der Waals surface area contributed by atoms with Crippen LogP contribution in [-0.4, -0.2) is 68.3 Å². The number of hydroxylamine groups is 2. The Morgan fingerprint density at radius 2 is 2.00 bits per heavy atom. The fourth-order valence-electron chi connectivity index (χ4n) is 3.94. The summed E-state index contributed by atoms with van der Waals surface area (Å²) in [4.78, 5) is 26.4. The van der Waals surface area contributed by atoms with Gasteiger partial charge in [0.2, 0.25) is 5.91 Å². The van der Waals surface area contributed by atoms with Crippen molar-refractivity contribution in [1.82, 2.24) is 5.06 Å². The van der Waals surface area contributed by atoms with Crippen LogP contribution in [0.2, 0.25) is 0 Å². The predicted molar refractivity (Wildman–Crippen MR) is 101 cm³/mol. The van der Waals surface area contributed by atoms with Crippen molar-refractivity contribution in [3.63, 3.8) is 0 Å². The van der Waals surface area contributed by atoms with Crippen molar-refractivity contribution in [2.75, 3.05) is 49.2 Å². The smallest absolute Gasteiger partial charge is 0.414 e. The van der Waals surface area contributed by atoms with E-state index < -0.39 is 29.7 Å². The summed E-state index contributed by atoms with van der Waals surface area (Å²) in [6, 6.07) is 4.57. The van der Waals surface area contributed by atoms with E-state index in [2.05, 4.69) is 0 Å². The lowest BCUT2D eigenvalue weighted by Crippen LogP contribution is -2.45. The Morgan fingerprint density at radius 3 is 2.62 bits per heavy atom. The quantitative estimate of drug-likeness (QED) is 0.702. The van der Waals surface area contributed by atoms with E-state index in [0.29, 0.717) is 50.5 Å². The Hall–Kier alpha value is -2.43. The van der Waals surface area contributed by atoms with E-state index >= 15 is 0 Å². The summed E-state index contributed by atoms with van der Waals surface area (Å²) in [5, 5.41) is 11.7. The Morgan fingerprint density at radius 1 is 1.31 bits per heavy atom. The number of rotatable bonds is 4. The van der Waals surface area contributed by atoms with Crippen molar-refractivity contribution in [2.45, 2.75) is 31.7 Å². The van der Waals surface area contributed by atoms with Gasteiger partial charge in [0.1, 0.15) is 11.9 Å². The fourth-order valence-corrected chi connectivity index (χ4v) is 3.94. The third-order valence-corrected chi connectivity index (χ3v) is 5.52. The number of benzene rings is 1. The molecule has 2 amide bonds. The molecule has 3 aliphatic rings. The molecule has 10 heteroatoms. The van der Waals surface area contributed by atoms with Crippen LogP contribution in [0.4, 0.5) is 20.6 Å². The second kappa shape index (κ2) is 7.77. The third-order valence-electron chi connectivity index (χ3n) is 5.52. The second-order valence-electron chi connectivity index (χ2n) is 7.43.